The summed E-state index contributed by atoms with van der Waals surface area (Å²) in [5.41, 5.74) is 0.980. The maximum Gasteiger partial charge on any atom is 0.297 e. The Balaban J connectivity index is 2.58. The summed E-state index contributed by atoms with van der Waals surface area (Å²) >= 11 is 0. The molecule has 0 radical (unpaired) electrons. The molecule has 5 heteroatoms. The van der Waals surface area contributed by atoms with Crippen molar-refractivity contribution >= 4 is 26.6 Å². The maximum atomic E-state index is 12.4. The van der Waals surface area contributed by atoms with Crippen LogP contribution >= 0.6 is 0 Å². The number of hydrogen-bond donors (Lipinski definition) is 0. The molecule has 2 aromatic carbocycles. The highest BCUT2D eigenvalue weighted by Crippen LogP contribution is 2.30. The Morgan fingerprint density at radius 3 is 2.29 bits per heavy atom. The van der Waals surface area contributed by atoms with Crippen molar-refractivity contribution in [3.8, 4) is 0 Å². The highest BCUT2D eigenvalue weighted by atomic mass is 32.2. The summed E-state index contributed by atoms with van der Waals surface area (Å²) in [6.45, 7) is 4.03. The smallest absolute Gasteiger partial charge is 0.297 e. The quantitative estimate of drug-likeness (QED) is 0.795. The average Bonchev–Trinajstić information content (AvgIpc) is 2.43. The minimum Gasteiger partial charge on any atom is -0.377 e. The van der Waals surface area contributed by atoms with Gasteiger partial charge in [0.1, 0.15) is 4.90 Å². The third-order valence-electron chi connectivity index (χ3n) is 3.17. The number of fused-ring (bicyclic) bond motifs is 1. The second kappa shape index (κ2) is 6.03. The predicted octanol–water partition coefficient (Wildman–Crippen LogP) is 3.27. The van der Waals surface area contributed by atoms with Crippen LogP contribution < -0.4 is 4.90 Å². The summed E-state index contributed by atoms with van der Waals surface area (Å²) in [6, 6.07) is 10.9. The van der Waals surface area contributed by atoms with Crippen LogP contribution in [0.5, 0.6) is 0 Å². The molecule has 0 saturated carbocycles. The maximum absolute atomic E-state index is 12.4. The van der Waals surface area contributed by atoms with Crippen molar-refractivity contribution in [1.29, 1.82) is 0 Å². The zero-order valence-corrected chi connectivity index (χ0v) is 13.6. The summed E-state index contributed by atoms with van der Waals surface area (Å²) in [4.78, 5) is 2.19. The normalized spacial score (nSPS) is 12.0. The van der Waals surface area contributed by atoms with E-state index in [4.69, 9.17) is 4.18 Å². The molecular formula is C16H21NO3S. The van der Waals surface area contributed by atoms with Gasteiger partial charge in [-0.2, -0.15) is 8.42 Å². The van der Waals surface area contributed by atoms with Crippen LogP contribution in [-0.4, -0.2) is 29.1 Å². The molecule has 0 N–H and O–H groups in total. The number of anilines is 1. The highest BCUT2D eigenvalue weighted by Gasteiger charge is 2.19. The van der Waals surface area contributed by atoms with Gasteiger partial charge in [-0.25, -0.2) is 0 Å². The summed E-state index contributed by atoms with van der Waals surface area (Å²) in [5.74, 6) is 0.159. The van der Waals surface area contributed by atoms with Gasteiger partial charge in [0.15, 0.2) is 0 Å². The minimum atomic E-state index is -3.74. The lowest BCUT2D eigenvalue weighted by molar-refractivity contribution is 0.275. The molecule has 0 saturated heterocycles. The van der Waals surface area contributed by atoms with Crippen LogP contribution in [-0.2, 0) is 14.3 Å². The van der Waals surface area contributed by atoms with Crippen LogP contribution in [0.4, 0.5) is 5.69 Å². The molecule has 0 aliphatic heterocycles. The van der Waals surface area contributed by atoms with E-state index < -0.39 is 10.1 Å². The van der Waals surface area contributed by atoms with E-state index in [1.54, 1.807) is 12.1 Å². The van der Waals surface area contributed by atoms with Gasteiger partial charge < -0.3 is 4.90 Å². The van der Waals surface area contributed by atoms with Gasteiger partial charge in [0, 0.05) is 30.6 Å². The molecule has 0 atom stereocenters. The van der Waals surface area contributed by atoms with Gasteiger partial charge in [0.2, 0.25) is 0 Å². The topological polar surface area (TPSA) is 46.6 Å². The molecule has 0 heterocycles. The van der Waals surface area contributed by atoms with Crippen molar-refractivity contribution in [3.05, 3.63) is 36.4 Å². The molecule has 0 fully saturated rings. The standard InChI is InChI=1S/C16H21NO3S/c1-12(2)11-20-21(18,19)16-10-6-7-13-14(16)8-5-9-15(13)17(3)4/h5-10,12H,11H2,1-4H3. The van der Waals surface area contributed by atoms with Crippen molar-refractivity contribution in [2.45, 2.75) is 18.7 Å². The molecule has 0 unspecified atom stereocenters. The molecule has 0 aliphatic carbocycles. The summed E-state index contributed by atoms with van der Waals surface area (Å²) < 4.78 is 29.9. The molecule has 114 valence electrons. The monoisotopic (exact) mass is 307 g/mol. The van der Waals surface area contributed by atoms with Crippen molar-refractivity contribution in [1.82, 2.24) is 0 Å². The Bertz CT molecular complexity index is 736. The first kappa shape index (κ1) is 15.8. The van der Waals surface area contributed by atoms with Crippen molar-refractivity contribution < 1.29 is 12.6 Å². The average molecular weight is 307 g/mol. The summed E-state index contributed by atoms with van der Waals surface area (Å²) in [7, 11) is 0.129. The molecule has 0 aromatic heterocycles. The van der Waals surface area contributed by atoms with Crippen LogP contribution in [0.25, 0.3) is 10.8 Å². The Morgan fingerprint density at radius 1 is 1.05 bits per heavy atom. The Hall–Kier alpha value is -1.59. The predicted molar refractivity (Wildman–Crippen MR) is 86.3 cm³/mol. The Labute approximate surface area is 126 Å². The van der Waals surface area contributed by atoms with Gasteiger partial charge in [0.05, 0.1) is 6.61 Å². The number of benzene rings is 2. The van der Waals surface area contributed by atoms with Gasteiger partial charge in [-0.15, -0.1) is 0 Å². The molecule has 2 rings (SSSR count). The van der Waals surface area contributed by atoms with Gasteiger partial charge in [-0.3, -0.25) is 4.18 Å². The van der Waals surface area contributed by atoms with Crippen molar-refractivity contribution in [3.63, 3.8) is 0 Å². The van der Waals surface area contributed by atoms with E-state index >= 15 is 0 Å². The van der Waals surface area contributed by atoms with E-state index in [2.05, 4.69) is 0 Å². The Morgan fingerprint density at radius 2 is 1.67 bits per heavy atom. The van der Waals surface area contributed by atoms with E-state index in [-0.39, 0.29) is 17.4 Å². The lowest BCUT2D eigenvalue weighted by Gasteiger charge is -2.17. The third kappa shape index (κ3) is 3.36. The van der Waals surface area contributed by atoms with Gasteiger partial charge >= 0.3 is 0 Å². The molecular weight excluding hydrogens is 286 g/mol. The zero-order chi connectivity index (χ0) is 15.6. The minimum absolute atomic E-state index is 0.159. The number of nitrogens with zero attached hydrogens (tertiary/aromatic N) is 1. The fraction of sp³-hybridized carbons (Fsp3) is 0.375. The van der Waals surface area contributed by atoms with Crippen LogP contribution in [0.3, 0.4) is 0 Å². The first-order valence-corrected chi connectivity index (χ1v) is 8.32. The second-order valence-electron chi connectivity index (χ2n) is 5.66. The summed E-state index contributed by atoms with van der Waals surface area (Å²) in [6.07, 6.45) is 0. The molecule has 21 heavy (non-hydrogen) atoms. The van der Waals surface area contributed by atoms with Crippen LogP contribution in [0, 0.1) is 5.92 Å². The fourth-order valence-corrected chi connectivity index (χ4v) is 3.43. The fourth-order valence-electron chi connectivity index (χ4n) is 2.16. The first-order valence-electron chi connectivity index (χ1n) is 6.91. The largest absolute Gasteiger partial charge is 0.377 e. The van der Waals surface area contributed by atoms with Gasteiger partial charge in [0.25, 0.3) is 10.1 Å². The SMILES string of the molecule is CC(C)COS(=O)(=O)c1cccc2c(N(C)C)cccc12. The molecule has 0 bridgehead atoms. The lowest BCUT2D eigenvalue weighted by atomic mass is 10.1. The van der Waals surface area contributed by atoms with E-state index in [9.17, 15) is 8.42 Å². The second-order valence-corrected chi connectivity index (χ2v) is 7.24. The van der Waals surface area contributed by atoms with Crippen molar-refractivity contribution in [2.24, 2.45) is 5.92 Å². The molecule has 0 aliphatic rings. The molecule has 4 nitrogen and oxygen atoms in total. The van der Waals surface area contributed by atoms with E-state index in [0.717, 1.165) is 11.1 Å². The van der Waals surface area contributed by atoms with Crippen LogP contribution in [0.2, 0.25) is 0 Å². The molecule has 0 spiro atoms. The van der Waals surface area contributed by atoms with E-state index in [1.165, 1.54) is 0 Å². The van der Waals surface area contributed by atoms with Crippen molar-refractivity contribution in [2.75, 3.05) is 25.6 Å². The van der Waals surface area contributed by atoms with E-state index in [1.807, 2.05) is 57.1 Å². The first-order chi connectivity index (χ1) is 9.83. The van der Waals surface area contributed by atoms with Gasteiger partial charge in [-0.1, -0.05) is 38.1 Å². The number of hydrogen-bond acceptors (Lipinski definition) is 4. The van der Waals surface area contributed by atoms with Gasteiger partial charge in [-0.05, 0) is 18.1 Å². The number of rotatable bonds is 5. The highest BCUT2D eigenvalue weighted by molar-refractivity contribution is 7.87. The third-order valence-corrected chi connectivity index (χ3v) is 4.51. The summed E-state index contributed by atoms with van der Waals surface area (Å²) in [5, 5.41) is 1.59. The zero-order valence-electron chi connectivity index (χ0n) is 12.8. The van der Waals surface area contributed by atoms with E-state index in [0.29, 0.717) is 5.39 Å². The lowest BCUT2D eigenvalue weighted by Crippen LogP contribution is -2.12. The van der Waals surface area contributed by atoms with Crippen LogP contribution in [0.15, 0.2) is 41.3 Å². The molecule has 2 aromatic rings. The molecule has 0 amide bonds. The van der Waals surface area contributed by atoms with Crippen LogP contribution in [0.1, 0.15) is 13.8 Å². The Kier molecular flexibility index (Phi) is 4.54.